The van der Waals surface area contributed by atoms with Crippen molar-refractivity contribution in [1.82, 2.24) is 5.32 Å². The van der Waals surface area contributed by atoms with Gasteiger partial charge in [-0.25, -0.2) is 0 Å². The van der Waals surface area contributed by atoms with E-state index in [1.165, 1.54) is 32.1 Å². The van der Waals surface area contributed by atoms with Gasteiger partial charge in [-0.15, -0.1) is 0 Å². The van der Waals surface area contributed by atoms with E-state index in [0.717, 1.165) is 23.7 Å². The average molecular weight is 286 g/mol. The summed E-state index contributed by atoms with van der Waals surface area (Å²) in [4.78, 5) is 11.8. The molecule has 0 saturated heterocycles. The molecule has 3 N–H and O–H groups in total. The van der Waals surface area contributed by atoms with E-state index < -0.39 is 0 Å². The van der Waals surface area contributed by atoms with Gasteiger partial charge in [0, 0.05) is 18.3 Å². The maximum Gasteiger partial charge on any atom is 0.244 e. The van der Waals surface area contributed by atoms with E-state index >= 15 is 0 Å². The molecule has 114 valence electrons. The van der Waals surface area contributed by atoms with E-state index in [0.29, 0.717) is 5.92 Å². The molecular formula is C18H26N2O. The summed E-state index contributed by atoms with van der Waals surface area (Å²) in [5.74, 6) is 1.55. The highest BCUT2D eigenvalue weighted by atomic mass is 16.1. The van der Waals surface area contributed by atoms with Gasteiger partial charge in [0.05, 0.1) is 0 Å². The van der Waals surface area contributed by atoms with Gasteiger partial charge in [-0.2, -0.15) is 0 Å². The van der Waals surface area contributed by atoms with Crippen molar-refractivity contribution in [1.29, 1.82) is 0 Å². The van der Waals surface area contributed by atoms with Crippen LogP contribution in [0.1, 0.15) is 44.6 Å². The van der Waals surface area contributed by atoms with Gasteiger partial charge in [0.1, 0.15) is 0 Å². The molecule has 1 aliphatic carbocycles. The predicted molar refractivity (Wildman–Crippen MR) is 88.6 cm³/mol. The van der Waals surface area contributed by atoms with Gasteiger partial charge in [-0.05, 0) is 48.4 Å². The fourth-order valence-corrected chi connectivity index (χ4v) is 2.93. The van der Waals surface area contributed by atoms with Crippen molar-refractivity contribution in [2.75, 3.05) is 12.3 Å². The molecule has 1 aromatic rings. The van der Waals surface area contributed by atoms with Gasteiger partial charge >= 0.3 is 0 Å². The van der Waals surface area contributed by atoms with Crippen LogP contribution in [-0.4, -0.2) is 12.5 Å². The standard InChI is InChI=1S/C18H26N2O/c1-2-14-3-5-16(6-4-14)13-20-18(21)12-9-15-7-10-17(19)11-8-15/h7-12,14,16H,2-6,13,19H2,1H3,(H,20,21)/b12-9+. The number of nitrogens with two attached hydrogens (primary N) is 1. The molecule has 0 spiro atoms. The Kier molecular flexibility index (Phi) is 5.85. The fourth-order valence-electron chi connectivity index (χ4n) is 2.93. The fraction of sp³-hybridized carbons (Fsp3) is 0.500. The monoisotopic (exact) mass is 286 g/mol. The molecule has 0 heterocycles. The van der Waals surface area contributed by atoms with Crippen LogP contribution in [0.25, 0.3) is 6.08 Å². The highest BCUT2D eigenvalue weighted by Gasteiger charge is 2.19. The minimum absolute atomic E-state index is 0.00978. The minimum Gasteiger partial charge on any atom is -0.399 e. The molecule has 1 saturated carbocycles. The number of carbonyl (C=O) groups excluding carboxylic acids is 1. The first-order valence-electron chi connectivity index (χ1n) is 7.99. The molecule has 0 radical (unpaired) electrons. The van der Waals surface area contributed by atoms with E-state index in [2.05, 4.69) is 12.2 Å². The molecule has 0 bridgehead atoms. The van der Waals surface area contributed by atoms with Gasteiger partial charge in [0.25, 0.3) is 0 Å². The lowest BCUT2D eigenvalue weighted by Crippen LogP contribution is -2.30. The topological polar surface area (TPSA) is 55.1 Å². The summed E-state index contributed by atoms with van der Waals surface area (Å²) in [6.07, 6.45) is 9.85. The summed E-state index contributed by atoms with van der Waals surface area (Å²) in [7, 11) is 0. The van der Waals surface area contributed by atoms with E-state index in [4.69, 9.17) is 5.73 Å². The maximum absolute atomic E-state index is 11.8. The Labute approximate surface area is 127 Å². The number of rotatable bonds is 5. The highest BCUT2D eigenvalue weighted by Crippen LogP contribution is 2.30. The molecule has 1 fully saturated rings. The molecule has 3 heteroatoms. The Morgan fingerprint density at radius 2 is 1.81 bits per heavy atom. The van der Waals surface area contributed by atoms with Crippen molar-refractivity contribution in [3.05, 3.63) is 35.9 Å². The first kappa shape index (κ1) is 15.6. The van der Waals surface area contributed by atoms with E-state index in [-0.39, 0.29) is 5.91 Å². The smallest absolute Gasteiger partial charge is 0.244 e. The lowest BCUT2D eigenvalue weighted by Gasteiger charge is -2.27. The Morgan fingerprint density at radius 3 is 2.43 bits per heavy atom. The SMILES string of the molecule is CCC1CCC(CNC(=O)/C=C/c2ccc(N)cc2)CC1. The van der Waals surface area contributed by atoms with Crippen LogP contribution >= 0.6 is 0 Å². The third-order valence-corrected chi connectivity index (χ3v) is 4.47. The average Bonchev–Trinajstić information content (AvgIpc) is 2.53. The van der Waals surface area contributed by atoms with Crippen LogP contribution in [0.15, 0.2) is 30.3 Å². The zero-order valence-corrected chi connectivity index (χ0v) is 12.8. The van der Waals surface area contributed by atoms with Crippen molar-refractivity contribution in [2.24, 2.45) is 11.8 Å². The second-order valence-electron chi connectivity index (χ2n) is 6.04. The van der Waals surface area contributed by atoms with Crippen molar-refractivity contribution in [3.8, 4) is 0 Å². The van der Waals surface area contributed by atoms with Gasteiger partial charge in [0.15, 0.2) is 0 Å². The van der Waals surface area contributed by atoms with Crippen molar-refractivity contribution in [3.63, 3.8) is 0 Å². The van der Waals surface area contributed by atoms with Gasteiger partial charge in [-0.1, -0.05) is 38.3 Å². The van der Waals surface area contributed by atoms with E-state index in [1.807, 2.05) is 30.3 Å². The number of hydrogen-bond donors (Lipinski definition) is 2. The number of anilines is 1. The van der Waals surface area contributed by atoms with Crippen LogP contribution in [0.3, 0.4) is 0 Å². The number of amides is 1. The van der Waals surface area contributed by atoms with Gasteiger partial charge in [-0.3, -0.25) is 4.79 Å². The van der Waals surface area contributed by atoms with Crippen LogP contribution < -0.4 is 11.1 Å². The third kappa shape index (κ3) is 5.25. The van der Waals surface area contributed by atoms with Crippen molar-refractivity contribution < 1.29 is 4.79 Å². The van der Waals surface area contributed by atoms with E-state index in [9.17, 15) is 4.79 Å². The molecule has 1 amide bonds. The molecule has 1 aliphatic rings. The second-order valence-corrected chi connectivity index (χ2v) is 6.04. The largest absolute Gasteiger partial charge is 0.399 e. The first-order chi connectivity index (χ1) is 10.2. The zero-order valence-electron chi connectivity index (χ0n) is 12.8. The second kappa shape index (κ2) is 7.87. The summed E-state index contributed by atoms with van der Waals surface area (Å²) < 4.78 is 0. The lowest BCUT2D eigenvalue weighted by molar-refractivity contribution is -0.116. The molecule has 0 aromatic heterocycles. The van der Waals surface area contributed by atoms with Crippen LogP contribution in [0.2, 0.25) is 0 Å². The summed E-state index contributed by atoms with van der Waals surface area (Å²) >= 11 is 0. The van der Waals surface area contributed by atoms with Crippen LogP contribution in [0, 0.1) is 11.8 Å². The molecule has 21 heavy (non-hydrogen) atoms. The number of nitrogen functional groups attached to an aromatic ring is 1. The van der Waals surface area contributed by atoms with Crippen molar-refractivity contribution >= 4 is 17.7 Å². The Balaban J connectivity index is 1.71. The third-order valence-electron chi connectivity index (χ3n) is 4.47. The van der Waals surface area contributed by atoms with Crippen LogP contribution in [0.4, 0.5) is 5.69 Å². The Hall–Kier alpha value is -1.77. The molecule has 2 rings (SSSR count). The van der Waals surface area contributed by atoms with Gasteiger partial charge in [0.2, 0.25) is 5.91 Å². The number of nitrogens with one attached hydrogen (secondary N) is 1. The molecular weight excluding hydrogens is 260 g/mol. The predicted octanol–water partition coefficient (Wildman–Crippen LogP) is 3.61. The number of benzene rings is 1. The normalized spacial score (nSPS) is 22.3. The molecule has 1 aromatic carbocycles. The minimum atomic E-state index is -0.00978. The zero-order chi connectivity index (χ0) is 15.1. The molecule has 0 atom stereocenters. The number of carbonyl (C=O) groups is 1. The maximum atomic E-state index is 11.8. The lowest BCUT2D eigenvalue weighted by atomic mass is 9.81. The Morgan fingerprint density at radius 1 is 1.19 bits per heavy atom. The molecule has 0 unspecified atom stereocenters. The molecule has 3 nitrogen and oxygen atoms in total. The summed E-state index contributed by atoms with van der Waals surface area (Å²) in [5, 5.41) is 3.02. The van der Waals surface area contributed by atoms with Gasteiger partial charge < -0.3 is 11.1 Å². The van der Waals surface area contributed by atoms with Crippen LogP contribution in [-0.2, 0) is 4.79 Å². The Bertz CT molecular complexity index is 470. The number of hydrogen-bond acceptors (Lipinski definition) is 2. The quantitative estimate of drug-likeness (QED) is 0.641. The summed E-state index contributed by atoms with van der Waals surface area (Å²) in [6, 6.07) is 7.49. The van der Waals surface area contributed by atoms with E-state index in [1.54, 1.807) is 6.08 Å². The highest BCUT2D eigenvalue weighted by molar-refractivity contribution is 5.91. The van der Waals surface area contributed by atoms with Crippen LogP contribution in [0.5, 0.6) is 0 Å². The first-order valence-corrected chi connectivity index (χ1v) is 7.99. The summed E-state index contributed by atoms with van der Waals surface area (Å²) in [6.45, 7) is 3.08. The van der Waals surface area contributed by atoms with Crippen molar-refractivity contribution in [2.45, 2.75) is 39.0 Å². The summed E-state index contributed by atoms with van der Waals surface area (Å²) in [5.41, 5.74) is 7.35. The molecule has 0 aliphatic heterocycles.